The van der Waals surface area contributed by atoms with Gasteiger partial charge in [0.05, 0.1) is 5.92 Å². The van der Waals surface area contributed by atoms with E-state index < -0.39 is 0 Å². The number of aryl methyl sites for hydroxylation is 1. The molecular weight excluding hydrogens is 226 g/mol. The number of benzene rings is 1. The van der Waals surface area contributed by atoms with E-state index in [4.69, 9.17) is 0 Å². The van der Waals surface area contributed by atoms with Gasteiger partial charge < -0.3 is 5.32 Å². The van der Waals surface area contributed by atoms with Gasteiger partial charge in [0.25, 0.3) is 0 Å². The third-order valence-corrected chi connectivity index (χ3v) is 2.96. The second kappa shape index (κ2) is 5.49. The molecule has 0 aliphatic carbocycles. The summed E-state index contributed by atoms with van der Waals surface area (Å²) >= 11 is 0. The Balaban J connectivity index is 2.04. The van der Waals surface area contributed by atoms with Crippen molar-refractivity contribution in [3.63, 3.8) is 0 Å². The lowest BCUT2D eigenvalue weighted by atomic mass is 10.0. The zero-order valence-electron chi connectivity index (χ0n) is 10.6. The Morgan fingerprint density at radius 1 is 1.39 bits per heavy atom. The Labute approximate surface area is 106 Å². The summed E-state index contributed by atoms with van der Waals surface area (Å²) in [6.07, 6.45) is 0.872. The lowest BCUT2D eigenvalue weighted by molar-refractivity contribution is -0.117. The number of nitrogens with one attached hydrogen (secondary N) is 2. The van der Waals surface area contributed by atoms with E-state index in [1.165, 1.54) is 0 Å². The highest BCUT2D eigenvalue weighted by atomic mass is 16.1. The molecule has 0 saturated carbocycles. The third kappa shape index (κ3) is 2.77. The summed E-state index contributed by atoms with van der Waals surface area (Å²) in [5, 5.41) is 9.73. The molecule has 1 amide bonds. The number of carbonyl (C=O) groups excluding carboxylic acids is 1. The van der Waals surface area contributed by atoms with Gasteiger partial charge in [-0.2, -0.15) is 5.10 Å². The van der Waals surface area contributed by atoms with Gasteiger partial charge in [-0.05, 0) is 18.9 Å². The monoisotopic (exact) mass is 243 g/mol. The first-order valence-corrected chi connectivity index (χ1v) is 6.10. The quantitative estimate of drug-likeness (QED) is 0.867. The van der Waals surface area contributed by atoms with Crippen molar-refractivity contribution in [2.75, 3.05) is 5.32 Å². The molecule has 2 N–H and O–H groups in total. The number of nitrogens with zero attached hydrogens (tertiary/aromatic N) is 1. The molecule has 0 saturated heterocycles. The summed E-state index contributed by atoms with van der Waals surface area (Å²) in [6, 6.07) is 11.6. The number of anilines is 1. The van der Waals surface area contributed by atoms with Gasteiger partial charge in [-0.15, -0.1) is 0 Å². The van der Waals surface area contributed by atoms with Crippen LogP contribution in [0.4, 0.5) is 5.82 Å². The van der Waals surface area contributed by atoms with Crippen LogP contribution < -0.4 is 5.32 Å². The molecule has 0 radical (unpaired) electrons. The second-order valence-electron chi connectivity index (χ2n) is 4.25. The van der Waals surface area contributed by atoms with Gasteiger partial charge in [0.15, 0.2) is 5.82 Å². The average Bonchev–Trinajstić information content (AvgIpc) is 2.86. The molecule has 4 nitrogen and oxygen atoms in total. The normalized spacial score (nSPS) is 12.1. The number of carbonyl (C=O) groups is 1. The standard InChI is InChI=1S/C14H17N3O/c1-3-12-9-13(17-16-12)15-14(18)10(2)11-7-5-4-6-8-11/h4-10H,3H2,1-2H3,(H2,15,16,17,18). The molecule has 94 valence electrons. The first kappa shape index (κ1) is 12.4. The highest BCUT2D eigenvalue weighted by Gasteiger charge is 2.15. The van der Waals surface area contributed by atoms with Gasteiger partial charge in [-0.3, -0.25) is 9.89 Å². The van der Waals surface area contributed by atoms with Crippen LogP contribution >= 0.6 is 0 Å². The second-order valence-corrected chi connectivity index (χ2v) is 4.25. The van der Waals surface area contributed by atoms with Crippen LogP contribution in [0.25, 0.3) is 0 Å². The van der Waals surface area contributed by atoms with Crippen molar-refractivity contribution >= 4 is 11.7 Å². The minimum Gasteiger partial charge on any atom is -0.309 e. The Bertz CT molecular complexity index is 519. The molecule has 1 unspecified atom stereocenters. The summed E-state index contributed by atoms with van der Waals surface area (Å²) in [5.41, 5.74) is 2.01. The topological polar surface area (TPSA) is 57.8 Å². The van der Waals surface area contributed by atoms with E-state index in [9.17, 15) is 4.79 Å². The fraction of sp³-hybridized carbons (Fsp3) is 0.286. The van der Waals surface area contributed by atoms with Gasteiger partial charge in [-0.25, -0.2) is 0 Å². The lowest BCUT2D eigenvalue weighted by Crippen LogP contribution is -2.19. The van der Waals surface area contributed by atoms with Crippen LogP contribution in [0.2, 0.25) is 0 Å². The van der Waals surface area contributed by atoms with Crippen molar-refractivity contribution in [2.45, 2.75) is 26.2 Å². The molecule has 18 heavy (non-hydrogen) atoms. The third-order valence-electron chi connectivity index (χ3n) is 2.96. The Morgan fingerprint density at radius 2 is 2.11 bits per heavy atom. The highest BCUT2D eigenvalue weighted by molar-refractivity contribution is 5.94. The van der Waals surface area contributed by atoms with Crippen molar-refractivity contribution in [3.8, 4) is 0 Å². The zero-order valence-corrected chi connectivity index (χ0v) is 10.6. The molecule has 1 aromatic carbocycles. The van der Waals surface area contributed by atoms with Crippen LogP contribution in [-0.2, 0) is 11.2 Å². The van der Waals surface area contributed by atoms with Crippen LogP contribution in [0.5, 0.6) is 0 Å². The van der Waals surface area contributed by atoms with Gasteiger partial charge >= 0.3 is 0 Å². The van der Waals surface area contributed by atoms with Crippen LogP contribution in [0.15, 0.2) is 36.4 Å². The average molecular weight is 243 g/mol. The zero-order chi connectivity index (χ0) is 13.0. The molecule has 0 bridgehead atoms. The molecular formula is C14H17N3O. The molecule has 0 fully saturated rings. The van der Waals surface area contributed by atoms with E-state index in [1.807, 2.05) is 50.2 Å². The number of aromatic nitrogens is 2. The minimum atomic E-state index is -0.187. The summed E-state index contributed by atoms with van der Waals surface area (Å²) in [5.74, 6) is 0.350. The molecule has 2 rings (SSSR count). The van der Waals surface area contributed by atoms with Crippen LogP contribution in [0.1, 0.15) is 31.0 Å². The van der Waals surface area contributed by atoms with Gasteiger partial charge in [-0.1, -0.05) is 37.3 Å². The summed E-state index contributed by atoms with van der Waals surface area (Å²) in [6.45, 7) is 3.92. The van der Waals surface area contributed by atoms with Gasteiger partial charge in [0.2, 0.25) is 5.91 Å². The van der Waals surface area contributed by atoms with Crippen molar-refractivity contribution in [1.82, 2.24) is 10.2 Å². The van der Waals surface area contributed by atoms with Crippen molar-refractivity contribution in [1.29, 1.82) is 0 Å². The summed E-state index contributed by atoms with van der Waals surface area (Å²) < 4.78 is 0. The predicted molar refractivity (Wildman–Crippen MR) is 71.5 cm³/mol. The first-order valence-electron chi connectivity index (χ1n) is 6.10. The molecule has 1 heterocycles. The van der Waals surface area contributed by atoms with E-state index in [1.54, 1.807) is 0 Å². The first-order chi connectivity index (χ1) is 8.70. The smallest absolute Gasteiger partial charge is 0.232 e. The molecule has 0 spiro atoms. The van der Waals surface area contributed by atoms with Crippen molar-refractivity contribution in [2.24, 2.45) is 0 Å². The van der Waals surface area contributed by atoms with E-state index in [0.29, 0.717) is 5.82 Å². The number of hydrogen-bond donors (Lipinski definition) is 2. The SMILES string of the molecule is CCc1cc(NC(=O)C(C)c2ccccc2)n[nH]1. The number of amides is 1. The highest BCUT2D eigenvalue weighted by Crippen LogP contribution is 2.17. The van der Waals surface area contributed by atoms with E-state index >= 15 is 0 Å². The number of H-pyrrole nitrogens is 1. The molecule has 0 aliphatic heterocycles. The largest absolute Gasteiger partial charge is 0.309 e. The summed E-state index contributed by atoms with van der Waals surface area (Å²) in [4.78, 5) is 12.0. The maximum Gasteiger partial charge on any atom is 0.232 e. The van der Waals surface area contributed by atoms with Crippen LogP contribution in [0, 0.1) is 0 Å². The van der Waals surface area contributed by atoms with E-state index in [0.717, 1.165) is 17.7 Å². The fourth-order valence-electron chi connectivity index (χ4n) is 1.73. The molecule has 4 heteroatoms. The van der Waals surface area contributed by atoms with Gasteiger partial charge in [0.1, 0.15) is 0 Å². The molecule has 1 atom stereocenters. The Kier molecular flexibility index (Phi) is 3.77. The maximum atomic E-state index is 12.0. The molecule has 1 aromatic heterocycles. The predicted octanol–water partition coefficient (Wildman–Crippen LogP) is 2.71. The molecule has 2 aromatic rings. The van der Waals surface area contributed by atoms with Crippen LogP contribution in [0.3, 0.4) is 0 Å². The fourth-order valence-corrected chi connectivity index (χ4v) is 1.73. The minimum absolute atomic E-state index is 0.0460. The lowest BCUT2D eigenvalue weighted by Gasteiger charge is -2.10. The van der Waals surface area contributed by atoms with Crippen LogP contribution in [-0.4, -0.2) is 16.1 Å². The number of rotatable bonds is 4. The van der Waals surface area contributed by atoms with Crippen molar-refractivity contribution in [3.05, 3.63) is 47.7 Å². The van der Waals surface area contributed by atoms with E-state index in [2.05, 4.69) is 15.5 Å². The maximum absolute atomic E-state index is 12.0. The number of aromatic amines is 1. The number of hydrogen-bond acceptors (Lipinski definition) is 2. The Hall–Kier alpha value is -2.10. The van der Waals surface area contributed by atoms with Crippen molar-refractivity contribution < 1.29 is 4.79 Å². The molecule has 0 aliphatic rings. The Morgan fingerprint density at radius 3 is 2.72 bits per heavy atom. The van der Waals surface area contributed by atoms with Gasteiger partial charge in [0, 0.05) is 11.8 Å². The summed E-state index contributed by atoms with van der Waals surface area (Å²) in [7, 11) is 0. The van der Waals surface area contributed by atoms with E-state index in [-0.39, 0.29) is 11.8 Å².